The van der Waals surface area contributed by atoms with Crippen LogP contribution in [0.2, 0.25) is 0 Å². The van der Waals surface area contributed by atoms with Gasteiger partial charge in [-0.05, 0) is 5.87 Å². The minimum atomic E-state index is -0.887. The number of methoxy groups -OCH3 is 1. The molecule has 0 aromatic carbocycles. The zero-order chi connectivity index (χ0) is 8.15. The van der Waals surface area contributed by atoms with Crippen molar-refractivity contribution in [1.29, 1.82) is 10.8 Å². The van der Waals surface area contributed by atoms with Gasteiger partial charge in [-0.1, -0.05) is 0 Å². The summed E-state index contributed by atoms with van der Waals surface area (Å²) in [7, 11) is 1.21. The molecule has 0 bridgehead atoms. The smallest absolute Gasteiger partial charge is 0.263 e. The Balaban J connectivity index is 4.56. The Hall–Kier alpha value is -1.61. The summed E-state index contributed by atoms with van der Waals surface area (Å²) in [5, 5.41) is 13.4. The zero-order valence-corrected chi connectivity index (χ0v) is 5.39. The van der Waals surface area contributed by atoms with Crippen LogP contribution in [0, 0.1) is 10.8 Å². The molecule has 0 heterocycles. The quantitative estimate of drug-likeness (QED) is 0.268. The van der Waals surface area contributed by atoms with Crippen LogP contribution in [0.25, 0.3) is 0 Å². The molecule has 0 aromatic heterocycles. The Morgan fingerprint density at radius 2 is 2.20 bits per heavy atom. The number of hydrogen-bond donors (Lipinski definition) is 3. The summed E-state index contributed by atoms with van der Waals surface area (Å²) in [4.78, 5) is 10.3. The van der Waals surface area contributed by atoms with Crippen molar-refractivity contribution in [2.45, 2.75) is 0 Å². The highest BCUT2D eigenvalue weighted by Crippen LogP contribution is 1.89. The van der Waals surface area contributed by atoms with E-state index in [4.69, 9.17) is 16.6 Å². The first kappa shape index (κ1) is 8.39. The lowest BCUT2D eigenvalue weighted by Gasteiger charge is -1.97. The molecule has 0 aromatic rings. The van der Waals surface area contributed by atoms with Gasteiger partial charge < -0.3 is 10.5 Å². The predicted octanol–water partition coefficient (Wildman–Crippen LogP) is -0.730. The molecule has 5 heteroatoms. The van der Waals surface area contributed by atoms with Crippen LogP contribution in [0.1, 0.15) is 0 Å². The van der Waals surface area contributed by atoms with Crippen molar-refractivity contribution < 1.29 is 9.53 Å². The van der Waals surface area contributed by atoms with Crippen LogP contribution in [0.5, 0.6) is 0 Å². The van der Waals surface area contributed by atoms with Gasteiger partial charge in [0.1, 0.15) is 0 Å². The Bertz CT molecular complexity index is 215. The maximum atomic E-state index is 10.3. The van der Waals surface area contributed by atoms with Gasteiger partial charge >= 0.3 is 0 Å². The number of nitrogens with two attached hydrogens (primary N) is 1. The van der Waals surface area contributed by atoms with Crippen molar-refractivity contribution in [2.24, 2.45) is 5.73 Å². The monoisotopic (exact) mass is 141 g/mol. The maximum Gasteiger partial charge on any atom is 0.263 e. The Kier molecular flexibility index (Phi) is 2.87. The zero-order valence-electron chi connectivity index (χ0n) is 5.39. The van der Waals surface area contributed by atoms with E-state index in [0.717, 1.165) is 0 Å². The molecule has 5 nitrogen and oxygen atoms in total. The van der Waals surface area contributed by atoms with Crippen LogP contribution in [-0.2, 0) is 9.53 Å². The normalized spacial score (nSPS) is 7.70. The standard InChI is InChI=1S/C5H7N3O2/c1-10-5(8)3(2-6)4(7)9/h6,8H,1H3,(H2,7,9). The molecule has 0 rings (SSSR count). The van der Waals surface area contributed by atoms with E-state index in [0.29, 0.717) is 0 Å². The van der Waals surface area contributed by atoms with Gasteiger partial charge in [0, 0.05) is 0 Å². The topological polar surface area (TPSA) is 100 Å². The summed E-state index contributed by atoms with van der Waals surface area (Å²) in [5.41, 5.74) is 4.39. The minimum absolute atomic E-state index is 0.359. The second-order valence-electron chi connectivity index (χ2n) is 1.40. The van der Waals surface area contributed by atoms with Gasteiger partial charge in [-0.3, -0.25) is 15.6 Å². The third-order valence-electron chi connectivity index (χ3n) is 0.803. The van der Waals surface area contributed by atoms with Crippen molar-refractivity contribution in [3.63, 3.8) is 0 Å². The third-order valence-corrected chi connectivity index (χ3v) is 0.803. The number of ether oxygens (including phenoxy) is 1. The lowest BCUT2D eigenvalue weighted by Crippen LogP contribution is -2.21. The molecule has 0 fully saturated rings. The highest BCUT2D eigenvalue weighted by molar-refractivity contribution is 6.22. The molecule has 0 unspecified atom stereocenters. The molecule has 0 aliphatic heterocycles. The van der Waals surface area contributed by atoms with Crippen LogP contribution in [0.3, 0.4) is 0 Å². The van der Waals surface area contributed by atoms with E-state index >= 15 is 0 Å². The Morgan fingerprint density at radius 1 is 1.70 bits per heavy atom. The van der Waals surface area contributed by atoms with Crippen molar-refractivity contribution in [1.82, 2.24) is 0 Å². The number of amides is 1. The fraction of sp³-hybridized carbons (Fsp3) is 0.200. The average Bonchev–Trinajstić information content (AvgIpc) is 1.88. The molecule has 0 spiro atoms. The van der Waals surface area contributed by atoms with Crippen LogP contribution in [0.15, 0.2) is 5.57 Å². The number of rotatable bonds is 2. The van der Waals surface area contributed by atoms with Crippen LogP contribution >= 0.6 is 0 Å². The summed E-state index contributed by atoms with van der Waals surface area (Å²) in [5.74, 6) is 0.365. The van der Waals surface area contributed by atoms with E-state index in [9.17, 15) is 4.79 Å². The highest BCUT2D eigenvalue weighted by atomic mass is 16.5. The largest absolute Gasteiger partial charge is 0.480 e. The molecular weight excluding hydrogens is 134 g/mol. The summed E-state index contributed by atoms with van der Waals surface area (Å²) in [6, 6.07) is 0. The van der Waals surface area contributed by atoms with Gasteiger partial charge in [0.15, 0.2) is 5.57 Å². The van der Waals surface area contributed by atoms with E-state index < -0.39 is 11.8 Å². The second-order valence-corrected chi connectivity index (χ2v) is 1.40. The van der Waals surface area contributed by atoms with E-state index in [1.807, 2.05) is 0 Å². The summed E-state index contributed by atoms with van der Waals surface area (Å²) < 4.78 is 4.33. The molecule has 54 valence electrons. The molecule has 0 radical (unpaired) electrons. The number of carbonyl (C=O) groups excluding carboxylic acids is 1. The van der Waals surface area contributed by atoms with Crippen LogP contribution in [-0.4, -0.2) is 24.8 Å². The molecular formula is C5H7N3O2. The van der Waals surface area contributed by atoms with E-state index in [1.165, 1.54) is 7.11 Å². The molecule has 0 aliphatic carbocycles. The molecule has 10 heavy (non-hydrogen) atoms. The molecule has 0 aliphatic rings. The SMILES string of the molecule is COC(=N)C(=C=N)C(N)=O. The van der Waals surface area contributed by atoms with Crippen molar-refractivity contribution in [3.8, 4) is 0 Å². The van der Waals surface area contributed by atoms with Crippen molar-refractivity contribution in [3.05, 3.63) is 5.57 Å². The lowest BCUT2D eigenvalue weighted by molar-refractivity contribution is -0.114. The first-order valence-electron chi connectivity index (χ1n) is 2.36. The lowest BCUT2D eigenvalue weighted by atomic mass is 10.3. The van der Waals surface area contributed by atoms with Crippen molar-refractivity contribution >= 4 is 17.7 Å². The first-order chi connectivity index (χ1) is 4.63. The van der Waals surface area contributed by atoms with E-state index in [1.54, 1.807) is 5.87 Å². The van der Waals surface area contributed by atoms with E-state index in [2.05, 4.69) is 4.74 Å². The Morgan fingerprint density at radius 3 is 2.30 bits per heavy atom. The predicted molar refractivity (Wildman–Crippen MR) is 35.2 cm³/mol. The molecule has 0 atom stereocenters. The van der Waals surface area contributed by atoms with Gasteiger partial charge in [-0.15, -0.1) is 0 Å². The van der Waals surface area contributed by atoms with Gasteiger partial charge in [-0.25, -0.2) is 0 Å². The molecule has 0 saturated carbocycles. The number of primary amides is 1. The summed E-state index contributed by atoms with van der Waals surface area (Å²) in [6.45, 7) is 0. The molecule has 0 saturated heterocycles. The highest BCUT2D eigenvalue weighted by Gasteiger charge is 2.10. The van der Waals surface area contributed by atoms with Gasteiger partial charge in [-0.2, -0.15) is 0 Å². The average molecular weight is 141 g/mol. The fourth-order valence-electron chi connectivity index (χ4n) is 0.332. The molecule has 4 N–H and O–H groups in total. The minimum Gasteiger partial charge on any atom is -0.480 e. The maximum absolute atomic E-state index is 10.3. The van der Waals surface area contributed by atoms with Crippen LogP contribution < -0.4 is 5.73 Å². The summed E-state index contributed by atoms with van der Waals surface area (Å²) in [6.07, 6.45) is 0. The van der Waals surface area contributed by atoms with Crippen LogP contribution in [0.4, 0.5) is 0 Å². The third kappa shape index (κ3) is 1.72. The number of carbonyl (C=O) groups is 1. The summed E-state index contributed by atoms with van der Waals surface area (Å²) >= 11 is 0. The van der Waals surface area contributed by atoms with Gasteiger partial charge in [0.05, 0.1) is 7.11 Å². The van der Waals surface area contributed by atoms with Gasteiger partial charge in [0.25, 0.3) is 5.91 Å². The fourth-order valence-corrected chi connectivity index (χ4v) is 0.332. The van der Waals surface area contributed by atoms with E-state index in [-0.39, 0.29) is 5.57 Å². The van der Waals surface area contributed by atoms with Gasteiger partial charge in [0.2, 0.25) is 5.90 Å². The molecule has 1 amide bonds. The first-order valence-corrected chi connectivity index (χ1v) is 2.36. The Labute approximate surface area is 57.5 Å². The second kappa shape index (κ2) is 3.42. The number of nitrogens with one attached hydrogen (secondary N) is 2. The van der Waals surface area contributed by atoms with Crippen molar-refractivity contribution in [2.75, 3.05) is 7.11 Å². The number of hydrogen-bond acceptors (Lipinski definition) is 4.